The number of nitrogens with one attached hydrogen (secondary N) is 2. The lowest BCUT2D eigenvalue weighted by Gasteiger charge is -2.09. The highest BCUT2D eigenvalue weighted by Crippen LogP contribution is 2.06. The number of hydrogen-bond acceptors (Lipinski definition) is 4. The molecule has 0 aliphatic carbocycles. The van der Waals surface area contributed by atoms with E-state index in [0.717, 1.165) is 11.4 Å². The standard InChI is InChI=1S/C13H16N4O3S/c1-10-8-11(2)17(15-10)9-13(18)14-16-21(19,20)12-6-4-3-5-7-12/h3-8,16H,9H2,1-2H3,(H,14,18). The molecule has 1 amide bonds. The lowest BCUT2D eigenvalue weighted by atomic mass is 10.4. The van der Waals surface area contributed by atoms with Crippen molar-refractivity contribution >= 4 is 15.9 Å². The molecule has 0 unspecified atom stereocenters. The molecule has 0 aliphatic heterocycles. The van der Waals surface area contributed by atoms with Gasteiger partial charge in [-0.3, -0.25) is 14.9 Å². The van der Waals surface area contributed by atoms with Crippen molar-refractivity contribution in [1.29, 1.82) is 0 Å². The van der Waals surface area contributed by atoms with E-state index in [-0.39, 0.29) is 11.4 Å². The minimum Gasteiger partial charge on any atom is -0.276 e. The molecule has 1 aromatic carbocycles. The fraction of sp³-hybridized carbons (Fsp3) is 0.231. The zero-order valence-electron chi connectivity index (χ0n) is 11.7. The second-order valence-electron chi connectivity index (χ2n) is 4.55. The number of carbonyl (C=O) groups excluding carboxylic acids is 1. The third kappa shape index (κ3) is 3.89. The van der Waals surface area contributed by atoms with E-state index in [0.29, 0.717) is 0 Å². The highest BCUT2D eigenvalue weighted by molar-refractivity contribution is 7.89. The van der Waals surface area contributed by atoms with Gasteiger partial charge in [-0.2, -0.15) is 5.10 Å². The third-order valence-electron chi connectivity index (χ3n) is 2.78. The van der Waals surface area contributed by atoms with Crippen molar-refractivity contribution in [2.75, 3.05) is 0 Å². The van der Waals surface area contributed by atoms with Gasteiger partial charge in [0, 0.05) is 5.69 Å². The molecule has 0 saturated heterocycles. The predicted octanol–water partition coefficient (Wildman–Crippen LogP) is 0.510. The van der Waals surface area contributed by atoms with E-state index in [2.05, 4.69) is 15.4 Å². The van der Waals surface area contributed by atoms with Crippen LogP contribution in [-0.2, 0) is 21.4 Å². The van der Waals surface area contributed by atoms with E-state index >= 15 is 0 Å². The summed E-state index contributed by atoms with van der Waals surface area (Å²) in [5.74, 6) is -0.499. The molecule has 0 bridgehead atoms. The van der Waals surface area contributed by atoms with Crippen LogP contribution in [-0.4, -0.2) is 24.1 Å². The first kappa shape index (κ1) is 15.2. The second kappa shape index (κ2) is 6.06. The topological polar surface area (TPSA) is 93.1 Å². The van der Waals surface area contributed by atoms with Crippen molar-refractivity contribution < 1.29 is 13.2 Å². The number of nitrogens with zero attached hydrogens (tertiary/aromatic N) is 2. The summed E-state index contributed by atoms with van der Waals surface area (Å²) in [6.45, 7) is 3.58. The number of benzene rings is 1. The Kier molecular flexibility index (Phi) is 4.39. The zero-order valence-corrected chi connectivity index (χ0v) is 12.5. The van der Waals surface area contributed by atoms with Crippen LogP contribution in [0, 0.1) is 13.8 Å². The van der Waals surface area contributed by atoms with Crippen LogP contribution in [0.4, 0.5) is 0 Å². The average molecular weight is 308 g/mol. The van der Waals surface area contributed by atoms with Crippen LogP contribution in [0.3, 0.4) is 0 Å². The number of sulfonamides is 1. The highest BCUT2D eigenvalue weighted by atomic mass is 32.2. The molecule has 2 aromatic rings. The number of amides is 1. The average Bonchev–Trinajstić information content (AvgIpc) is 2.76. The van der Waals surface area contributed by atoms with Crippen molar-refractivity contribution in [1.82, 2.24) is 20.0 Å². The van der Waals surface area contributed by atoms with Crippen molar-refractivity contribution in [3.05, 3.63) is 47.8 Å². The molecule has 0 saturated carbocycles. The zero-order chi connectivity index (χ0) is 15.5. The molecule has 0 fully saturated rings. The second-order valence-corrected chi connectivity index (χ2v) is 6.23. The molecule has 21 heavy (non-hydrogen) atoms. The van der Waals surface area contributed by atoms with Crippen LogP contribution >= 0.6 is 0 Å². The van der Waals surface area contributed by atoms with Gasteiger partial charge >= 0.3 is 0 Å². The van der Waals surface area contributed by atoms with E-state index in [1.54, 1.807) is 18.2 Å². The van der Waals surface area contributed by atoms with Gasteiger partial charge in [0.1, 0.15) is 6.54 Å². The van der Waals surface area contributed by atoms with Crippen LogP contribution in [0.1, 0.15) is 11.4 Å². The lowest BCUT2D eigenvalue weighted by molar-refractivity contribution is -0.122. The van der Waals surface area contributed by atoms with Crippen molar-refractivity contribution in [3.8, 4) is 0 Å². The third-order valence-corrected chi connectivity index (χ3v) is 4.04. The maximum absolute atomic E-state index is 11.9. The number of aromatic nitrogens is 2. The maximum atomic E-state index is 11.9. The summed E-state index contributed by atoms with van der Waals surface area (Å²) < 4.78 is 25.3. The molecule has 2 N–H and O–H groups in total. The van der Waals surface area contributed by atoms with Gasteiger partial charge in [-0.25, -0.2) is 8.42 Å². The van der Waals surface area contributed by atoms with E-state index in [9.17, 15) is 13.2 Å². The first-order valence-electron chi connectivity index (χ1n) is 6.25. The predicted molar refractivity (Wildman–Crippen MR) is 76.6 cm³/mol. The summed E-state index contributed by atoms with van der Waals surface area (Å²) >= 11 is 0. The van der Waals surface area contributed by atoms with Crippen LogP contribution < -0.4 is 10.3 Å². The number of carbonyl (C=O) groups is 1. The number of hydrazine groups is 1. The van der Waals surface area contributed by atoms with Gasteiger partial charge in [0.15, 0.2) is 0 Å². The number of aryl methyl sites for hydroxylation is 2. The van der Waals surface area contributed by atoms with Gasteiger partial charge in [-0.15, -0.1) is 4.83 Å². The first-order valence-corrected chi connectivity index (χ1v) is 7.73. The Morgan fingerprint density at radius 3 is 2.48 bits per heavy atom. The van der Waals surface area contributed by atoms with Crippen molar-refractivity contribution in [2.24, 2.45) is 0 Å². The summed E-state index contributed by atoms with van der Waals surface area (Å²) in [6.07, 6.45) is 0. The molecule has 1 heterocycles. The van der Waals surface area contributed by atoms with Crippen LogP contribution in [0.2, 0.25) is 0 Å². The van der Waals surface area contributed by atoms with E-state index in [1.165, 1.54) is 16.8 Å². The van der Waals surface area contributed by atoms with Crippen LogP contribution in [0.5, 0.6) is 0 Å². The first-order chi connectivity index (χ1) is 9.88. The summed E-state index contributed by atoms with van der Waals surface area (Å²) in [7, 11) is -3.76. The fourth-order valence-corrected chi connectivity index (χ4v) is 2.67. The molecule has 1 aromatic heterocycles. The molecule has 0 aliphatic rings. The van der Waals surface area contributed by atoms with Gasteiger partial charge in [0.05, 0.1) is 10.6 Å². The molecular formula is C13H16N4O3S. The fourth-order valence-electron chi connectivity index (χ4n) is 1.79. The molecule has 0 spiro atoms. The quantitative estimate of drug-likeness (QED) is 0.787. The number of rotatable bonds is 5. The Morgan fingerprint density at radius 2 is 1.90 bits per heavy atom. The monoisotopic (exact) mass is 308 g/mol. The number of hydrogen-bond donors (Lipinski definition) is 2. The summed E-state index contributed by atoms with van der Waals surface area (Å²) in [5.41, 5.74) is 3.79. The Balaban J connectivity index is 1.97. The molecule has 0 radical (unpaired) electrons. The van der Waals surface area contributed by atoms with E-state index < -0.39 is 15.9 Å². The van der Waals surface area contributed by atoms with Crippen LogP contribution in [0.15, 0.2) is 41.3 Å². The van der Waals surface area contributed by atoms with Gasteiger partial charge in [-0.1, -0.05) is 18.2 Å². The van der Waals surface area contributed by atoms with E-state index in [4.69, 9.17) is 0 Å². The Bertz CT molecular complexity index is 738. The van der Waals surface area contributed by atoms with Gasteiger partial charge < -0.3 is 0 Å². The smallest absolute Gasteiger partial charge is 0.257 e. The Hall–Kier alpha value is -2.19. The molecule has 112 valence electrons. The Morgan fingerprint density at radius 1 is 1.24 bits per heavy atom. The van der Waals surface area contributed by atoms with Gasteiger partial charge in [0.2, 0.25) is 0 Å². The van der Waals surface area contributed by atoms with Gasteiger partial charge in [0.25, 0.3) is 15.9 Å². The highest BCUT2D eigenvalue weighted by Gasteiger charge is 2.15. The van der Waals surface area contributed by atoms with Gasteiger partial charge in [-0.05, 0) is 32.0 Å². The molecule has 7 nitrogen and oxygen atoms in total. The normalized spacial score (nSPS) is 11.3. The molecule has 2 rings (SSSR count). The largest absolute Gasteiger partial charge is 0.276 e. The summed E-state index contributed by atoms with van der Waals surface area (Å²) in [6, 6.07) is 9.63. The molecular weight excluding hydrogens is 292 g/mol. The molecule has 0 atom stereocenters. The maximum Gasteiger partial charge on any atom is 0.257 e. The van der Waals surface area contributed by atoms with E-state index in [1.807, 2.05) is 19.9 Å². The minimum absolute atomic E-state index is 0.0585. The van der Waals surface area contributed by atoms with Crippen LogP contribution in [0.25, 0.3) is 0 Å². The lowest BCUT2D eigenvalue weighted by Crippen LogP contribution is -2.43. The summed E-state index contributed by atoms with van der Waals surface area (Å²) in [4.78, 5) is 13.9. The van der Waals surface area contributed by atoms with Crippen molar-refractivity contribution in [2.45, 2.75) is 25.3 Å². The summed E-state index contributed by atoms with van der Waals surface area (Å²) in [5, 5.41) is 4.13. The SMILES string of the molecule is Cc1cc(C)n(CC(=O)NNS(=O)(=O)c2ccccc2)n1. The molecule has 8 heteroatoms. The van der Waals surface area contributed by atoms with Crippen molar-refractivity contribution in [3.63, 3.8) is 0 Å². The Labute approximate surface area is 123 Å². The minimum atomic E-state index is -3.76.